The van der Waals surface area contributed by atoms with Crippen LogP contribution >= 0.6 is 0 Å². The van der Waals surface area contributed by atoms with Gasteiger partial charge in [-0.15, -0.1) is 0 Å². The van der Waals surface area contributed by atoms with E-state index in [-0.39, 0.29) is 5.57 Å². The molecule has 0 spiro atoms. The van der Waals surface area contributed by atoms with Crippen molar-refractivity contribution in [3.05, 3.63) is 41.5 Å². The minimum atomic E-state index is -0.464. The molecule has 0 aliphatic carbocycles. The predicted molar refractivity (Wildman–Crippen MR) is 59.8 cm³/mol. The highest BCUT2D eigenvalue weighted by Gasteiger charge is 2.13. The fourth-order valence-corrected chi connectivity index (χ4v) is 1.11. The molecule has 0 saturated carbocycles. The number of rotatable bonds is 3. The molecule has 0 atom stereocenters. The molecule has 82 valence electrons. The number of carbonyl (C=O) groups is 1. The zero-order chi connectivity index (χ0) is 12.0. The maximum Gasteiger partial charge on any atom is 0.287 e. The van der Waals surface area contributed by atoms with E-state index in [0.29, 0.717) is 0 Å². The first-order chi connectivity index (χ1) is 7.69. The molecule has 0 aliphatic heterocycles. The Hall–Kier alpha value is -2.12. The van der Waals surface area contributed by atoms with Crippen LogP contribution in [0.3, 0.4) is 0 Å². The second-order valence-corrected chi connectivity index (χ2v) is 3.07. The van der Waals surface area contributed by atoms with Crippen molar-refractivity contribution in [1.82, 2.24) is 5.06 Å². The topological polar surface area (TPSA) is 53.3 Å². The van der Waals surface area contributed by atoms with Gasteiger partial charge in [0.25, 0.3) is 5.91 Å². The number of nitrogens with zero attached hydrogens (tertiary/aromatic N) is 2. The highest BCUT2D eigenvalue weighted by molar-refractivity contribution is 6.00. The molecule has 0 bridgehead atoms. The second kappa shape index (κ2) is 5.69. The fraction of sp³-hybridized carbons (Fsp3) is 0.167. The first-order valence-electron chi connectivity index (χ1n) is 4.68. The van der Waals surface area contributed by atoms with Gasteiger partial charge in [-0.3, -0.25) is 9.63 Å². The molecule has 1 aromatic rings. The minimum Gasteiger partial charge on any atom is -0.274 e. The lowest BCUT2D eigenvalue weighted by atomic mass is 10.1. The van der Waals surface area contributed by atoms with Gasteiger partial charge in [0.05, 0.1) is 7.11 Å². The van der Waals surface area contributed by atoms with Crippen LogP contribution in [0.2, 0.25) is 0 Å². The van der Waals surface area contributed by atoms with Crippen LogP contribution in [0.25, 0.3) is 6.08 Å². The Morgan fingerprint density at radius 2 is 2.06 bits per heavy atom. The van der Waals surface area contributed by atoms with Gasteiger partial charge in [-0.05, 0) is 11.6 Å². The molecule has 1 amide bonds. The van der Waals surface area contributed by atoms with Gasteiger partial charge in [0.2, 0.25) is 0 Å². The summed E-state index contributed by atoms with van der Waals surface area (Å²) in [4.78, 5) is 16.3. The van der Waals surface area contributed by atoms with E-state index in [0.717, 1.165) is 10.6 Å². The first-order valence-corrected chi connectivity index (χ1v) is 4.68. The third kappa shape index (κ3) is 2.94. The van der Waals surface area contributed by atoms with Crippen LogP contribution in [0.5, 0.6) is 0 Å². The first kappa shape index (κ1) is 12.0. The summed E-state index contributed by atoms with van der Waals surface area (Å²) in [5, 5.41) is 9.89. The van der Waals surface area contributed by atoms with Crippen LogP contribution in [0, 0.1) is 11.3 Å². The summed E-state index contributed by atoms with van der Waals surface area (Å²) in [6.07, 6.45) is 1.53. The number of amides is 1. The Bertz CT molecular complexity index is 432. The van der Waals surface area contributed by atoms with Crippen LogP contribution < -0.4 is 0 Å². The standard InChI is InChI=1S/C12H12N2O2/c1-14(16-2)12(15)11(9-13)8-10-6-4-3-5-7-10/h3-8H,1-2H3. The number of likely N-dealkylation sites (N-methyl/N-ethyl adjacent to an activating group) is 1. The molecule has 0 fully saturated rings. The lowest BCUT2D eigenvalue weighted by Gasteiger charge is -2.12. The number of hydroxylamine groups is 2. The zero-order valence-corrected chi connectivity index (χ0v) is 9.18. The summed E-state index contributed by atoms with van der Waals surface area (Å²) < 4.78 is 0. The highest BCUT2D eigenvalue weighted by atomic mass is 16.7. The molecule has 0 heterocycles. The van der Waals surface area contributed by atoms with Crippen molar-refractivity contribution in [1.29, 1.82) is 5.26 Å². The van der Waals surface area contributed by atoms with Crippen LogP contribution in [0.15, 0.2) is 35.9 Å². The third-order valence-corrected chi connectivity index (χ3v) is 2.02. The maximum absolute atomic E-state index is 11.6. The van der Waals surface area contributed by atoms with Crippen LogP contribution in [-0.2, 0) is 9.63 Å². The van der Waals surface area contributed by atoms with E-state index in [2.05, 4.69) is 0 Å². The molecule has 0 aromatic heterocycles. The third-order valence-electron chi connectivity index (χ3n) is 2.02. The van der Waals surface area contributed by atoms with Gasteiger partial charge in [0.1, 0.15) is 11.6 Å². The van der Waals surface area contributed by atoms with Crippen LogP contribution in [0.4, 0.5) is 0 Å². The fourth-order valence-electron chi connectivity index (χ4n) is 1.11. The predicted octanol–water partition coefficient (Wildman–Crippen LogP) is 1.61. The average Bonchev–Trinajstić information content (AvgIpc) is 2.35. The smallest absolute Gasteiger partial charge is 0.274 e. The molecule has 4 nitrogen and oxygen atoms in total. The van der Waals surface area contributed by atoms with Crippen molar-refractivity contribution in [3.8, 4) is 6.07 Å². The molecule has 0 radical (unpaired) electrons. The van der Waals surface area contributed by atoms with Crippen molar-refractivity contribution in [2.24, 2.45) is 0 Å². The number of hydrogen-bond acceptors (Lipinski definition) is 3. The Morgan fingerprint density at radius 1 is 1.44 bits per heavy atom. The monoisotopic (exact) mass is 216 g/mol. The average molecular weight is 216 g/mol. The van der Waals surface area contributed by atoms with Gasteiger partial charge >= 0.3 is 0 Å². The number of hydrogen-bond donors (Lipinski definition) is 0. The van der Waals surface area contributed by atoms with Gasteiger partial charge in [-0.25, -0.2) is 5.06 Å². The SMILES string of the molecule is CON(C)C(=O)C(C#N)=Cc1ccccc1. The summed E-state index contributed by atoms with van der Waals surface area (Å²) in [7, 11) is 2.83. The van der Waals surface area contributed by atoms with E-state index in [1.54, 1.807) is 0 Å². The Balaban J connectivity index is 2.96. The lowest BCUT2D eigenvalue weighted by molar-refractivity contribution is -0.163. The van der Waals surface area contributed by atoms with E-state index >= 15 is 0 Å². The molecule has 16 heavy (non-hydrogen) atoms. The van der Waals surface area contributed by atoms with E-state index in [1.807, 2.05) is 36.4 Å². The van der Waals surface area contributed by atoms with Crippen molar-refractivity contribution < 1.29 is 9.63 Å². The second-order valence-electron chi connectivity index (χ2n) is 3.07. The maximum atomic E-state index is 11.6. The molecule has 0 aliphatic rings. The van der Waals surface area contributed by atoms with Gasteiger partial charge in [0, 0.05) is 7.05 Å². The highest BCUT2D eigenvalue weighted by Crippen LogP contribution is 2.08. The zero-order valence-electron chi connectivity index (χ0n) is 9.18. The minimum absolute atomic E-state index is 0.0375. The van der Waals surface area contributed by atoms with Gasteiger partial charge in [0.15, 0.2) is 0 Å². The molecule has 0 N–H and O–H groups in total. The van der Waals surface area contributed by atoms with E-state index < -0.39 is 5.91 Å². The Morgan fingerprint density at radius 3 is 2.56 bits per heavy atom. The van der Waals surface area contributed by atoms with Crippen molar-refractivity contribution in [2.75, 3.05) is 14.2 Å². The van der Waals surface area contributed by atoms with Gasteiger partial charge in [-0.1, -0.05) is 30.3 Å². The van der Waals surface area contributed by atoms with E-state index in [4.69, 9.17) is 10.1 Å². The van der Waals surface area contributed by atoms with Gasteiger partial charge < -0.3 is 0 Å². The molecule has 0 saturated heterocycles. The molecule has 1 aromatic carbocycles. The number of benzene rings is 1. The molecule has 0 unspecified atom stereocenters. The Labute approximate surface area is 94.3 Å². The molecule has 4 heteroatoms. The van der Waals surface area contributed by atoms with Crippen molar-refractivity contribution in [3.63, 3.8) is 0 Å². The van der Waals surface area contributed by atoms with E-state index in [1.165, 1.54) is 20.2 Å². The van der Waals surface area contributed by atoms with Crippen LogP contribution in [0.1, 0.15) is 5.56 Å². The largest absolute Gasteiger partial charge is 0.287 e. The van der Waals surface area contributed by atoms with Gasteiger partial charge in [-0.2, -0.15) is 5.26 Å². The summed E-state index contributed by atoms with van der Waals surface area (Å²) in [6, 6.07) is 11.0. The number of carbonyl (C=O) groups excluding carboxylic acids is 1. The summed E-state index contributed by atoms with van der Waals surface area (Å²) >= 11 is 0. The normalized spacial score (nSPS) is 10.7. The summed E-state index contributed by atoms with van der Waals surface area (Å²) in [5.74, 6) is -0.464. The lowest BCUT2D eigenvalue weighted by Crippen LogP contribution is -2.26. The molecular formula is C12H12N2O2. The van der Waals surface area contributed by atoms with Crippen LogP contribution in [-0.4, -0.2) is 25.1 Å². The molecular weight excluding hydrogens is 204 g/mol. The summed E-state index contributed by atoms with van der Waals surface area (Å²) in [6.45, 7) is 0. The van der Waals surface area contributed by atoms with Crippen molar-refractivity contribution in [2.45, 2.75) is 0 Å². The quantitative estimate of drug-likeness (QED) is 0.438. The van der Waals surface area contributed by atoms with Crippen molar-refractivity contribution >= 4 is 12.0 Å². The Kier molecular flexibility index (Phi) is 4.25. The summed E-state index contributed by atoms with van der Waals surface area (Å²) in [5.41, 5.74) is 0.840. The molecule has 1 rings (SSSR count). The van der Waals surface area contributed by atoms with E-state index in [9.17, 15) is 4.79 Å². The number of nitriles is 1.